The highest BCUT2D eigenvalue weighted by Crippen LogP contribution is 2.25. The molecule has 3 rings (SSSR count). The van der Waals surface area contributed by atoms with Gasteiger partial charge in [0.25, 0.3) is 0 Å². The number of ether oxygens (including phenoxy) is 1. The maximum absolute atomic E-state index is 5.46. The van der Waals surface area contributed by atoms with E-state index in [1.54, 1.807) is 6.26 Å². The van der Waals surface area contributed by atoms with Crippen LogP contribution >= 0.6 is 11.3 Å². The number of hydrogen-bond donors (Lipinski definition) is 1. The Hall–Kier alpha value is -1.14. The first-order chi connectivity index (χ1) is 9.93. The molecule has 2 aromatic heterocycles. The first kappa shape index (κ1) is 13.8. The van der Waals surface area contributed by atoms with E-state index in [9.17, 15) is 0 Å². The number of hydrogen-bond acceptors (Lipinski definition) is 5. The molecule has 0 amide bonds. The fourth-order valence-electron chi connectivity index (χ4n) is 2.52. The predicted molar refractivity (Wildman–Crippen MR) is 79.9 cm³/mol. The molecule has 0 bridgehead atoms. The Morgan fingerprint density at radius 1 is 1.25 bits per heavy atom. The second-order valence-corrected chi connectivity index (χ2v) is 5.87. The zero-order chi connectivity index (χ0) is 13.6. The van der Waals surface area contributed by atoms with Crippen molar-refractivity contribution >= 4 is 11.3 Å². The van der Waals surface area contributed by atoms with Gasteiger partial charge < -0.3 is 14.5 Å². The lowest BCUT2D eigenvalue weighted by Gasteiger charge is -2.34. The summed E-state index contributed by atoms with van der Waals surface area (Å²) in [6.45, 7) is 5.39. The number of morpholine rings is 1. The van der Waals surface area contributed by atoms with Gasteiger partial charge in [0.2, 0.25) is 0 Å². The molecule has 3 heterocycles. The minimum absolute atomic E-state index is 0.425. The number of nitrogens with zero attached hydrogens (tertiary/aromatic N) is 1. The highest BCUT2D eigenvalue weighted by Gasteiger charge is 2.23. The van der Waals surface area contributed by atoms with Crippen LogP contribution in [0.15, 0.2) is 40.3 Å². The monoisotopic (exact) mass is 292 g/mol. The molecule has 0 aromatic carbocycles. The number of rotatable bonds is 6. The number of furan rings is 1. The Morgan fingerprint density at radius 2 is 2.15 bits per heavy atom. The lowest BCUT2D eigenvalue weighted by molar-refractivity contribution is 0.0167. The number of nitrogens with one attached hydrogen (secondary N) is 1. The van der Waals surface area contributed by atoms with Crippen molar-refractivity contribution in [3.05, 3.63) is 46.5 Å². The lowest BCUT2D eigenvalue weighted by Crippen LogP contribution is -2.42. The van der Waals surface area contributed by atoms with Gasteiger partial charge in [0.1, 0.15) is 5.76 Å². The first-order valence-corrected chi connectivity index (χ1v) is 7.90. The summed E-state index contributed by atoms with van der Waals surface area (Å²) in [5.41, 5.74) is 0. The van der Waals surface area contributed by atoms with Crippen molar-refractivity contribution in [1.82, 2.24) is 10.2 Å². The lowest BCUT2D eigenvalue weighted by atomic mass is 10.2. The third-order valence-electron chi connectivity index (χ3n) is 3.58. The second-order valence-electron chi connectivity index (χ2n) is 4.89. The van der Waals surface area contributed by atoms with Crippen LogP contribution in [0.4, 0.5) is 0 Å². The van der Waals surface area contributed by atoms with Crippen LogP contribution in [0.5, 0.6) is 0 Å². The Labute approximate surface area is 123 Å². The topological polar surface area (TPSA) is 37.6 Å². The van der Waals surface area contributed by atoms with Crippen molar-refractivity contribution in [2.45, 2.75) is 12.6 Å². The standard InChI is InChI=1S/C15H20N2O2S/c1-3-13(19-7-1)11-16-12-14(15-4-2-10-20-15)17-5-8-18-9-6-17/h1-4,7,10,14,16H,5-6,8-9,11-12H2. The summed E-state index contributed by atoms with van der Waals surface area (Å²) in [7, 11) is 0. The van der Waals surface area contributed by atoms with Crippen molar-refractivity contribution in [2.24, 2.45) is 0 Å². The van der Waals surface area contributed by atoms with Gasteiger partial charge in [-0.2, -0.15) is 0 Å². The summed E-state index contributed by atoms with van der Waals surface area (Å²) in [6, 6.07) is 8.70. The van der Waals surface area contributed by atoms with E-state index >= 15 is 0 Å². The van der Waals surface area contributed by atoms with Gasteiger partial charge in [0.15, 0.2) is 0 Å². The minimum atomic E-state index is 0.425. The van der Waals surface area contributed by atoms with Crippen LogP contribution in [0.1, 0.15) is 16.7 Å². The van der Waals surface area contributed by atoms with Crippen molar-refractivity contribution in [1.29, 1.82) is 0 Å². The zero-order valence-electron chi connectivity index (χ0n) is 11.5. The van der Waals surface area contributed by atoms with Gasteiger partial charge in [-0.05, 0) is 23.6 Å². The summed E-state index contributed by atoms with van der Waals surface area (Å²) in [6.07, 6.45) is 1.72. The molecule has 5 heteroatoms. The molecule has 0 spiro atoms. The largest absolute Gasteiger partial charge is 0.468 e. The fraction of sp³-hybridized carbons (Fsp3) is 0.467. The van der Waals surface area contributed by atoms with Gasteiger partial charge in [0.05, 0.1) is 32.1 Å². The van der Waals surface area contributed by atoms with E-state index < -0.39 is 0 Å². The first-order valence-electron chi connectivity index (χ1n) is 7.02. The third kappa shape index (κ3) is 3.49. The van der Waals surface area contributed by atoms with Gasteiger partial charge in [0, 0.05) is 24.5 Å². The third-order valence-corrected chi connectivity index (χ3v) is 4.55. The van der Waals surface area contributed by atoms with E-state index in [1.807, 2.05) is 23.5 Å². The molecule has 4 nitrogen and oxygen atoms in total. The fourth-order valence-corrected chi connectivity index (χ4v) is 3.39. The molecular formula is C15H20N2O2S. The van der Waals surface area contributed by atoms with Gasteiger partial charge in [-0.1, -0.05) is 6.07 Å². The van der Waals surface area contributed by atoms with Crippen molar-refractivity contribution in [3.8, 4) is 0 Å². The van der Waals surface area contributed by atoms with Gasteiger partial charge >= 0.3 is 0 Å². The van der Waals surface area contributed by atoms with Crippen molar-refractivity contribution < 1.29 is 9.15 Å². The van der Waals surface area contributed by atoms with Crippen LogP contribution in [-0.2, 0) is 11.3 Å². The van der Waals surface area contributed by atoms with Crippen LogP contribution in [0.3, 0.4) is 0 Å². The quantitative estimate of drug-likeness (QED) is 0.888. The second kappa shape index (κ2) is 7.04. The molecule has 1 N–H and O–H groups in total. The van der Waals surface area contributed by atoms with Gasteiger partial charge in [-0.15, -0.1) is 11.3 Å². The van der Waals surface area contributed by atoms with Crippen LogP contribution in [0, 0.1) is 0 Å². The Kier molecular flexibility index (Phi) is 4.86. The summed E-state index contributed by atoms with van der Waals surface area (Å²) in [5.74, 6) is 0.983. The Balaban J connectivity index is 1.60. The van der Waals surface area contributed by atoms with Crippen LogP contribution in [0.25, 0.3) is 0 Å². The Bertz CT molecular complexity index is 478. The molecule has 1 aliphatic rings. The molecule has 1 fully saturated rings. The molecule has 1 atom stereocenters. The van der Waals surface area contributed by atoms with E-state index in [4.69, 9.17) is 9.15 Å². The molecule has 0 saturated carbocycles. The average molecular weight is 292 g/mol. The van der Waals surface area contributed by atoms with Crippen LogP contribution in [-0.4, -0.2) is 37.7 Å². The van der Waals surface area contributed by atoms with E-state index in [1.165, 1.54) is 4.88 Å². The zero-order valence-corrected chi connectivity index (χ0v) is 12.3. The van der Waals surface area contributed by atoms with Gasteiger partial charge in [-0.25, -0.2) is 0 Å². The minimum Gasteiger partial charge on any atom is -0.468 e. The summed E-state index contributed by atoms with van der Waals surface area (Å²) in [4.78, 5) is 3.92. The highest BCUT2D eigenvalue weighted by atomic mass is 32.1. The van der Waals surface area contributed by atoms with Crippen molar-refractivity contribution in [3.63, 3.8) is 0 Å². The molecule has 0 aliphatic carbocycles. The molecule has 0 radical (unpaired) electrons. The number of thiophene rings is 1. The summed E-state index contributed by atoms with van der Waals surface area (Å²) >= 11 is 1.83. The average Bonchev–Trinajstić information content (AvgIpc) is 3.18. The SMILES string of the molecule is c1coc(CNCC(c2cccs2)N2CCOCC2)c1. The summed E-state index contributed by atoms with van der Waals surface area (Å²) < 4.78 is 10.8. The molecule has 1 saturated heterocycles. The van der Waals surface area contributed by atoms with E-state index in [-0.39, 0.29) is 0 Å². The van der Waals surface area contributed by atoms with E-state index in [0.29, 0.717) is 6.04 Å². The molecular weight excluding hydrogens is 272 g/mol. The van der Waals surface area contributed by atoms with Gasteiger partial charge in [-0.3, -0.25) is 4.90 Å². The van der Waals surface area contributed by atoms with E-state index in [2.05, 4.69) is 27.7 Å². The molecule has 1 aliphatic heterocycles. The molecule has 108 valence electrons. The van der Waals surface area contributed by atoms with Crippen molar-refractivity contribution in [2.75, 3.05) is 32.8 Å². The smallest absolute Gasteiger partial charge is 0.117 e. The normalized spacial score (nSPS) is 18.2. The van der Waals surface area contributed by atoms with Crippen LogP contribution in [0.2, 0.25) is 0 Å². The molecule has 1 unspecified atom stereocenters. The van der Waals surface area contributed by atoms with E-state index in [0.717, 1.165) is 45.2 Å². The summed E-state index contributed by atoms with van der Waals surface area (Å²) in [5, 5.41) is 5.65. The highest BCUT2D eigenvalue weighted by molar-refractivity contribution is 7.10. The maximum Gasteiger partial charge on any atom is 0.117 e. The molecule has 20 heavy (non-hydrogen) atoms. The predicted octanol–water partition coefficient (Wildman–Crippen LogP) is 2.50. The van der Waals surface area contributed by atoms with Crippen LogP contribution < -0.4 is 5.32 Å². The maximum atomic E-state index is 5.46. The Morgan fingerprint density at radius 3 is 2.85 bits per heavy atom. The molecule has 2 aromatic rings.